The van der Waals surface area contributed by atoms with Crippen LogP contribution in [-0.4, -0.2) is 20.1 Å². The molecule has 1 aromatic heterocycles. The van der Waals surface area contributed by atoms with E-state index in [1.807, 2.05) is 37.3 Å². The van der Waals surface area contributed by atoms with E-state index in [0.717, 1.165) is 30.8 Å². The van der Waals surface area contributed by atoms with Crippen molar-refractivity contribution in [1.29, 1.82) is 0 Å². The number of thioether (sulfide) groups is 1. The number of phenols is 1. The molecule has 0 aliphatic carbocycles. The molecule has 6 heteroatoms. The molecule has 0 atom stereocenters. The minimum atomic E-state index is 0.204. The number of aromatic hydroxyl groups is 1. The van der Waals surface area contributed by atoms with Crippen LogP contribution in [0.15, 0.2) is 65.6 Å². The van der Waals surface area contributed by atoms with Crippen LogP contribution in [0.2, 0.25) is 0 Å². The van der Waals surface area contributed by atoms with E-state index in [0.29, 0.717) is 5.69 Å². The van der Waals surface area contributed by atoms with E-state index in [-0.39, 0.29) is 5.75 Å². The van der Waals surface area contributed by atoms with E-state index < -0.39 is 0 Å². The first-order chi connectivity index (χ1) is 12.6. The largest absolute Gasteiger partial charge is 0.505 e. The SMILES string of the molecule is Cc1cc(I)c(O)c(-n2nc3ccc(SCc4ccccc4)cc3n2)c1. The summed E-state index contributed by atoms with van der Waals surface area (Å²) < 4.78 is 0.790. The molecule has 1 heterocycles. The summed E-state index contributed by atoms with van der Waals surface area (Å²) in [7, 11) is 0. The van der Waals surface area contributed by atoms with Crippen molar-refractivity contribution in [3.05, 3.63) is 75.4 Å². The van der Waals surface area contributed by atoms with Gasteiger partial charge in [-0.15, -0.1) is 26.8 Å². The quantitative estimate of drug-likeness (QED) is 0.322. The third-order valence-corrected chi connectivity index (χ3v) is 5.89. The summed E-state index contributed by atoms with van der Waals surface area (Å²) in [6.07, 6.45) is 0. The predicted octanol–water partition coefficient (Wildman–Crippen LogP) is 5.33. The van der Waals surface area contributed by atoms with Crippen LogP contribution in [-0.2, 0) is 5.75 Å². The average molecular weight is 473 g/mol. The van der Waals surface area contributed by atoms with Gasteiger partial charge in [-0.2, -0.15) is 0 Å². The number of hydrogen-bond acceptors (Lipinski definition) is 4. The van der Waals surface area contributed by atoms with Gasteiger partial charge in [-0.3, -0.25) is 0 Å². The van der Waals surface area contributed by atoms with Crippen LogP contribution in [0.5, 0.6) is 5.75 Å². The normalized spacial score (nSPS) is 11.2. The van der Waals surface area contributed by atoms with Crippen molar-refractivity contribution in [3.8, 4) is 11.4 Å². The molecule has 0 aliphatic heterocycles. The maximum absolute atomic E-state index is 10.4. The Labute approximate surface area is 169 Å². The number of halogens is 1. The standard InChI is InChI=1S/C20H16IN3OS/c1-13-9-16(21)20(25)19(10-13)24-22-17-8-7-15(11-18(17)23-24)26-12-14-5-3-2-4-6-14/h2-11,25H,12H2,1H3. The zero-order valence-corrected chi connectivity index (χ0v) is 17.0. The number of phenolic OH excluding ortho intramolecular Hbond substituents is 1. The van der Waals surface area contributed by atoms with Gasteiger partial charge in [-0.1, -0.05) is 30.3 Å². The van der Waals surface area contributed by atoms with E-state index >= 15 is 0 Å². The lowest BCUT2D eigenvalue weighted by Crippen LogP contribution is -2.00. The molecule has 4 nitrogen and oxygen atoms in total. The van der Waals surface area contributed by atoms with E-state index in [1.54, 1.807) is 11.8 Å². The molecule has 1 N–H and O–H groups in total. The summed E-state index contributed by atoms with van der Waals surface area (Å²) in [6, 6.07) is 20.3. The first-order valence-corrected chi connectivity index (χ1v) is 10.2. The lowest BCUT2D eigenvalue weighted by molar-refractivity contribution is 0.464. The van der Waals surface area contributed by atoms with Crippen LogP contribution >= 0.6 is 34.4 Å². The summed E-state index contributed by atoms with van der Waals surface area (Å²) in [5.41, 5.74) is 4.58. The van der Waals surface area contributed by atoms with Crippen molar-refractivity contribution < 1.29 is 5.11 Å². The third-order valence-electron chi connectivity index (χ3n) is 4.00. The topological polar surface area (TPSA) is 50.9 Å². The number of rotatable bonds is 4. The molecule has 0 unspecified atom stereocenters. The van der Waals surface area contributed by atoms with Crippen molar-refractivity contribution in [3.63, 3.8) is 0 Å². The van der Waals surface area contributed by atoms with E-state index in [4.69, 9.17) is 0 Å². The molecule has 0 radical (unpaired) electrons. The Morgan fingerprint density at radius 1 is 1.00 bits per heavy atom. The van der Waals surface area contributed by atoms with Crippen LogP contribution in [0.25, 0.3) is 16.7 Å². The smallest absolute Gasteiger partial charge is 0.156 e. The van der Waals surface area contributed by atoms with Gasteiger partial charge in [0.2, 0.25) is 0 Å². The monoisotopic (exact) mass is 473 g/mol. The van der Waals surface area contributed by atoms with Gasteiger partial charge in [-0.05, 0) is 71.0 Å². The molecule has 3 aromatic carbocycles. The highest BCUT2D eigenvalue weighted by Gasteiger charge is 2.12. The highest BCUT2D eigenvalue weighted by molar-refractivity contribution is 14.1. The Morgan fingerprint density at radius 3 is 2.58 bits per heavy atom. The second-order valence-corrected chi connectivity index (χ2v) is 8.24. The van der Waals surface area contributed by atoms with Gasteiger partial charge in [0, 0.05) is 10.6 Å². The van der Waals surface area contributed by atoms with Gasteiger partial charge < -0.3 is 5.11 Å². The Bertz CT molecular complexity index is 1080. The molecule has 0 spiro atoms. The molecule has 26 heavy (non-hydrogen) atoms. The number of aromatic nitrogens is 3. The fraction of sp³-hybridized carbons (Fsp3) is 0.100. The van der Waals surface area contributed by atoms with Crippen LogP contribution in [0.3, 0.4) is 0 Å². The first kappa shape index (κ1) is 17.4. The molecule has 0 amide bonds. The van der Waals surface area contributed by atoms with E-state index in [9.17, 15) is 5.11 Å². The van der Waals surface area contributed by atoms with Gasteiger partial charge >= 0.3 is 0 Å². The Balaban J connectivity index is 1.64. The van der Waals surface area contributed by atoms with Crippen molar-refractivity contribution in [2.75, 3.05) is 0 Å². The minimum absolute atomic E-state index is 0.204. The van der Waals surface area contributed by atoms with Crippen LogP contribution in [0.1, 0.15) is 11.1 Å². The summed E-state index contributed by atoms with van der Waals surface area (Å²) in [5.74, 6) is 1.12. The molecule has 0 saturated carbocycles. The predicted molar refractivity (Wildman–Crippen MR) is 114 cm³/mol. The van der Waals surface area contributed by atoms with E-state index in [1.165, 1.54) is 10.4 Å². The average Bonchev–Trinajstić information content (AvgIpc) is 3.07. The summed E-state index contributed by atoms with van der Waals surface area (Å²) in [6.45, 7) is 1.99. The fourth-order valence-electron chi connectivity index (χ4n) is 2.70. The summed E-state index contributed by atoms with van der Waals surface area (Å²) in [5, 5.41) is 19.4. The summed E-state index contributed by atoms with van der Waals surface area (Å²) >= 11 is 3.89. The van der Waals surface area contributed by atoms with Gasteiger partial charge in [0.05, 0.1) is 3.57 Å². The van der Waals surface area contributed by atoms with Crippen LogP contribution in [0, 0.1) is 10.5 Å². The van der Waals surface area contributed by atoms with Crippen LogP contribution in [0.4, 0.5) is 0 Å². The van der Waals surface area contributed by atoms with Gasteiger partial charge in [-0.25, -0.2) is 0 Å². The highest BCUT2D eigenvalue weighted by atomic mass is 127. The molecule has 0 bridgehead atoms. The van der Waals surface area contributed by atoms with E-state index in [2.05, 4.69) is 63.1 Å². The summed E-state index contributed by atoms with van der Waals surface area (Å²) in [4.78, 5) is 2.66. The maximum Gasteiger partial charge on any atom is 0.156 e. The molecular weight excluding hydrogens is 457 g/mol. The van der Waals surface area contributed by atoms with Crippen molar-refractivity contribution in [2.24, 2.45) is 0 Å². The first-order valence-electron chi connectivity index (χ1n) is 8.13. The lowest BCUT2D eigenvalue weighted by Gasteiger charge is -2.06. The third kappa shape index (κ3) is 3.57. The fourth-order valence-corrected chi connectivity index (χ4v) is 4.35. The van der Waals surface area contributed by atoms with Crippen LogP contribution < -0.4 is 0 Å². The molecule has 0 aliphatic rings. The number of benzene rings is 3. The van der Waals surface area contributed by atoms with Crippen molar-refractivity contribution in [2.45, 2.75) is 17.6 Å². The number of aryl methyl sites for hydroxylation is 1. The minimum Gasteiger partial charge on any atom is -0.505 e. The zero-order chi connectivity index (χ0) is 18.1. The number of fused-ring (bicyclic) bond motifs is 1. The number of nitrogens with zero attached hydrogens (tertiary/aromatic N) is 3. The molecule has 0 saturated heterocycles. The Hall–Kier alpha value is -2.06. The van der Waals surface area contributed by atoms with Gasteiger partial charge in [0.1, 0.15) is 16.7 Å². The second-order valence-electron chi connectivity index (χ2n) is 6.03. The number of hydrogen-bond donors (Lipinski definition) is 1. The van der Waals surface area contributed by atoms with Crippen molar-refractivity contribution in [1.82, 2.24) is 15.0 Å². The van der Waals surface area contributed by atoms with Crippen molar-refractivity contribution >= 4 is 45.4 Å². The maximum atomic E-state index is 10.4. The van der Waals surface area contributed by atoms with Gasteiger partial charge in [0.25, 0.3) is 0 Å². The Kier molecular flexibility index (Phi) is 4.86. The zero-order valence-electron chi connectivity index (χ0n) is 14.1. The lowest BCUT2D eigenvalue weighted by atomic mass is 10.2. The second kappa shape index (κ2) is 7.28. The highest BCUT2D eigenvalue weighted by Crippen LogP contribution is 2.30. The molecular formula is C20H16IN3OS. The molecule has 130 valence electrons. The molecule has 4 aromatic rings. The molecule has 4 rings (SSSR count). The molecule has 0 fully saturated rings. The Morgan fingerprint density at radius 2 is 1.77 bits per heavy atom. The van der Waals surface area contributed by atoms with Gasteiger partial charge in [0.15, 0.2) is 5.75 Å².